The Labute approximate surface area is 94.7 Å². The maximum absolute atomic E-state index is 5.90. The predicted octanol–water partition coefficient (Wildman–Crippen LogP) is 2.14. The molecule has 4 heteroatoms. The first-order valence-corrected chi connectivity index (χ1v) is 5.53. The van der Waals surface area contributed by atoms with Crippen molar-refractivity contribution in [3.05, 3.63) is 23.8 Å². The molecule has 0 saturated carbocycles. The second-order valence-corrected chi connectivity index (χ2v) is 3.88. The highest BCUT2D eigenvalue weighted by atomic mass is 15.0. The number of rotatable bonds is 3. The average Bonchev–Trinajstić information content (AvgIpc) is 2.25. The Balaban J connectivity index is 2.57. The monoisotopic (exact) mass is 216 g/mol. The van der Waals surface area contributed by atoms with E-state index in [2.05, 4.69) is 23.0 Å². The maximum atomic E-state index is 5.90. The number of benzene rings is 1. The molecule has 0 saturated heterocycles. The Kier molecular flexibility index (Phi) is 2.90. The zero-order valence-electron chi connectivity index (χ0n) is 9.40. The first-order valence-electron chi connectivity index (χ1n) is 5.53. The smallest absolute Gasteiger partial charge is 0.222 e. The molecule has 0 atom stereocenters. The number of aryl methyl sites for hydroxylation is 1. The van der Waals surface area contributed by atoms with Gasteiger partial charge in [0, 0.05) is 5.39 Å². The van der Waals surface area contributed by atoms with Gasteiger partial charge in [-0.3, -0.25) is 0 Å². The number of fused-ring (bicyclic) bond motifs is 1. The fraction of sp³-hybridized carbons (Fsp3) is 0.333. The van der Waals surface area contributed by atoms with Gasteiger partial charge in [0.1, 0.15) is 5.82 Å². The third-order valence-electron chi connectivity index (χ3n) is 2.65. The standard InChI is InChI=1S/C12H16N4/c1-2-3-5-8-6-4-7-9-10(8)11(13)16-12(14)15-9/h4,6-7H,2-3,5H2,1H3,(H4,13,14,15,16). The Bertz CT molecular complexity index is 508. The van der Waals surface area contributed by atoms with E-state index in [1.807, 2.05) is 12.1 Å². The highest BCUT2D eigenvalue weighted by molar-refractivity contribution is 5.91. The molecular weight excluding hydrogens is 200 g/mol. The van der Waals surface area contributed by atoms with Gasteiger partial charge >= 0.3 is 0 Å². The van der Waals surface area contributed by atoms with E-state index in [0.29, 0.717) is 5.82 Å². The molecule has 0 aliphatic heterocycles. The zero-order valence-corrected chi connectivity index (χ0v) is 9.40. The lowest BCUT2D eigenvalue weighted by molar-refractivity contribution is 0.799. The van der Waals surface area contributed by atoms with Gasteiger partial charge in [-0.2, -0.15) is 4.98 Å². The summed E-state index contributed by atoms with van der Waals surface area (Å²) in [5.41, 5.74) is 13.5. The van der Waals surface area contributed by atoms with Crippen LogP contribution in [0.5, 0.6) is 0 Å². The SMILES string of the molecule is CCCCc1cccc2nc(N)nc(N)c12. The van der Waals surface area contributed by atoms with Crippen LogP contribution in [0.25, 0.3) is 10.9 Å². The van der Waals surface area contributed by atoms with Gasteiger partial charge in [0.15, 0.2) is 0 Å². The van der Waals surface area contributed by atoms with Crippen molar-refractivity contribution in [2.75, 3.05) is 11.5 Å². The van der Waals surface area contributed by atoms with E-state index in [4.69, 9.17) is 11.5 Å². The number of hydrogen-bond donors (Lipinski definition) is 2. The molecule has 2 aromatic rings. The van der Waals surface area contributed by atoms with E-state index in [1.165, 1.54) is 5.56 Å². The van der Waals surface area contributed by atoms with Gasteiger partial charge < -0.3 is 11.5 Å². The molecule has 0 radical (unpaired) electrons. The van der Waals surface area contributed by atoms with Crippen LogP contribution in [0.3, 0.4) is 0 Å². The lowest BCUT2D eigenvalue weighted by atomic mass is 10.0. The molecule has 0 bridgehead atoms. The van der Waals surface area contributed by atoms with Gasteiger partial charge in [0.25, 0.3) is 0 Å². The van der Waals surface area contributed by atoms with E-state index in [1.54, 1.807) is 0 Å². The van der Waals surface area contributed by atoms with E-state index in [9.17, 15) is 0 Å². The van der Waals surface area contributed by atoms with E-state index < -0.39 is 0 Å². The van der Waals surface area contributed by atoms with Crippen LogP contribution in [-0.2, 0) is 6.42 Å². The van der Waals surface area contributed by atoms with Crippen LogP contribution in [0.4, 0.5) is 11.8 Å². The number of nitrogen functional groups attached to an aromatic ring is 2. The number of anilines is 2. The fourth-order valence-corrected chi connectivity index (χ4v) is 1.88. The van der Waals surface area contributed by atoms with Crippen molar-refractivity contribution in [3.63, 3.8) is 0 Å². The highest BCUT2D eigenvalue weighted by Crippen LogP contribution is 2.24. The van der Waals surface area contributed by atoms with Crippen molar-refractivity contribution in [2.45, 2.75) is 26.2 Å². The molecule has 0 fully saturated rings. The zero-order chi connectivity index (χ0) is 11.5. The maximum Gasteiger partial charge on any atom is 0.222 e. The molecule has 0 unspecified atom stereocenters. The minimum Gasteiger partial charge on any atom is -0.383 e. The molecule has 1 aromatic carbocycles. The number of nitrogens with two attached hydrogens (primary N) is 2. The molecule has 16 heavy (non-hydrogen) atoms. The lowest BCUT2D eigenvalue weighted by Gasteiger charge is -2.07. The van der Waals surface area contributed by atoms with Crippen molar-refractivity contribution in [3.8, 4) is 0 Å². The average molecular weight is 216 g/mol. The van der Waals surface area contributed by atoms with Gasteiger partial charge in [-0.15, -0.1) is 0 Å². The van der Waals surface area contributed by atoms with Gasteiger partial charge in [0.2, 0.25) is 5.95 Å². The molecule has 0 amide bonds. The summed E-state index contributed by atoms with van der Waals surface area (Å²) >= 11 is 0. The highest BCUT2D eigenvalue weighted by Gasteiger charge is 2.07. The van der Waals surface area contributed by atoms with Crippen LogP contribution in [-0.4, -0.2) is 9.97 Å². The summed E-state index contributed by atoms with van der Waals surface area (Å²) in [4.78, 5) is 8.21. The van der Waals surface area contributed by atoms with E-state index in [-0.39, 0.29) is 5.95 Å². The van der Waals surface area contributed by atoms with Crippen LogP contribution in [0.15, 0.2) is 18.2 Å². The third kappa shape index (κ3) is 1.91. The topological polar surface area (TPSA) is 77.8 Å². The molecule has 4 N–H and O–H groups in total. The molecule has 0 aliphatic rings. The van der Waals surface area contributed by atoms with Crippen LogP contribution < -0.4 is 11.5 Å². The molecule has 1 aromatic heterocycles. The lowest BCUT2D eigenvalue weighted by Crippen LogP contribution is -2.02. The van der Waals surface area contributed by atoms with Gasteiger partial charge in [-0.05, 0) is 24.5 Å². The Morgan fingerprint density at radius 1 is 1.19 bits per heavy atom. The van der Waals surface area contributed by atoms with Crippen molar-refractivity contribution in [2.24, 2.45) is 0 Å². The van der Waals surface area contributed by atoms with E-state index >= 15 is 0 Å². The van der Waals surface area contributed by atoms with Crippen LogP contribution in [0.1, 0.15) is 25.3 Å². The first kappa shape index (κ1) is 10.7. The fourth-order valence-electron chi connectivity index (χ4n) is 1.88. The minimum absolute atomic E-state index is 0.234. The van der Waals surface area contributed by atoms with Crippen molar-refractivity contribution in [1.29, 1.82) is 0 Å². The summed E-state index contributed by atoms with van der Waals surface area (Å²) < 4.78 is 0. The Morgan fingerprint density at radius 2 is 2.00 bits per heavy atom. The van der Waals surface area contributed by atoms with Crippen LogP contribution in [0.2, 0.25) is 0 Å². The van der Waals surface area contributed by atoms with Gasteiger partial charge in [-0.25, -0.2) is 4.98 Å². The van der Waals surface area contributed by atoms with Crippen molar-refractivity contribution < 1.29 is 0 Å². The number of unbranched alkanes of at least 4 members (excludes halogenated alkanes) is 1. The summed E-state index contributed by atoms with van der Waals surface area (Å²) in [6.45, 7) is 2.17. The third-order valence-corrected chi connectivity index (χ3v) is 2.65. The van der Waals surface area contributed by atoms with Crippen LogP contribution in [0, 0.1) is 0 Å². The van der Waals surface area contributed by atoms with Gasteiger partial charge in [0.05, 0.1) is 5.52 Å². The number of nitrogens with zero attached hydrogens (tertiary/aromatic N) is 2. The molecule has 0 spiro atoms. The summed E-state index contributed by atoms with van der Waals surface area (Å²) in [6, 6.07) is 5.98. The summed E-state index contributed by atoms with van der Waals surface area (Å²) in [5.74, 6) is 0.715. The molecular formula is C12H16N4. The predicted molar refractivity (Wildman–Crippen MR) is 67.0 cm³/mol. The summed E-state index contributed by atoms with van der Waals surface area (Å²) in [5, 5.41) is 0.949. The summed E-state index contributed by atoms with van der Waals surface area (Å²) in [6.07, 6.45) is 3.31. The van der Waals surface area contributed by atoms with Crippen LogP contribution >= 0.6 is 0 Å². The van der Waals surface area contributed by atoms with Crippen molar-refractivity contribution >= 4 is 22.7 Å². The molecule has 2 rings (SSSR count). The largest absolute Gasteiger partial charge is 0.383 e. The minimum atomic E-state index is 0.234. The second-order valence-electron chi connectivity index (χ2n) is 3.88. The number of hydrogen-bond acceptors (Lipinski definition) is 4. The molecule has 0 aliphatic carbocycles. The molecule has 4 nitrogen and oxygen atoms in total. The first-order chi connectivity index (χ1) is 7.72. The quantitative estimate of drug-likeness (QED) is 0.824. The van der Waals surface area contributed by atoms with Gasteiger partial charge in [-0.1, -0.05) is 25.5 Å². The summed E-state index contributed by atoms with van der Waals surface area (Å²) in [7, 11) is 0. The number of aromatic nitrogens is 2. The van der Waals surface area contributed by atoms with E-state index in [0.717, 1.165) is 30.2 Å². The Hall–Kier alpha value is -1.84. The Morgan fingerprint density at radius 3 is 2.75 bits per heavy atom. The normalized spacial score (nSPS) is 10.8. The molecule has 1 heterocycles. The second kappa shape index (κ2) is 4.35. The molecule has 84 valence electrons. The van der Waals surface area contributed by atoms with Crippen molar-refractivity contribution in [1.82, 2.24) is 9.97 Å².